The molecule has 1 aromatic rings. The van der Waals surface area contributed by atoms with Crippen molar-refractivity contribution in [3.05, 3.63) is 28.7 Å². The van der Waals surface area contributed by atoms with Crippen LogP contribution < -0.4 is 5.01 Å². The van der Waals surface area contributed by atoms with Crippen LogP contribution >= 0.6 is 15.9 Å². The standard InChI is InChI=1S/C12H11BrN2O3/c1-2-18-12(17)10-7-14-15(11(10)16)9-5-3-8(13)4-6-9/h3-7,10H,2H2,1H3. The summed E-state index contributed by atoms with van der Waals surface area (Å²) in [5.41, 5.74) is 0.617. The quantitative estimate of drug-likeness (QED) is 0.633. The smallest absolute Gasteiger partial charge is 0.324 e. The van der Waals surface area contributed by atoms with Gasteiger partial charge in [-0.25, -0.2) is 0 Å². The first-order valence-electron chi connectivity index (χ1n) is 5.43. The molecule has 0 radical (unpaired) electrons. The van der Waals surface area contributed by atoms with Gasteiger partial charge in [0.1, 0.15) is 0 Å². The van der Waals surface area contributed by atoms with E-state index in [0.29, 0.717) is 5.69 Å². The summed E-state index contributed by atoms with van der Waals surface area (Å²) in [6.07, 6.45) is 1.31. The number of hydrogen-bond donors (Lipinski definition) is 0. The highest BCUT2D eigenvalue weighted by Gasteiger charge is 2.36. The third-order valence-corrected chi connectivity index (χ3v) is 2.95. The van der Waals surface area contributed by atoms with Gasteiger partial charge >= 0.3 is 5.97 Å². The SMILES string of the molecule is CCOC(=O)C1C=NN(c2ccc(Br)cc2)C1=O. The highest BCUT2D eigenvalue weighted by atomic mass is 79.9. The fraction of sp³-hybridized carbons (Fsp3) is 0.250. The number of esters is 1. The van der Waals surface area contributed by atoms with E-state index >= 15 is 0 Å². The Morgan fingerprint density at radius 1 is 1.44 bits per heavy atom. The molecule has 1 atom stereocenters. The van der Waals surface area contributed by atoms with Crippen LogP contribution in [0.4, 0.5) is 5.69 Å². The molecule has 0 bridgehead atoms. The maximum atomic E-state index is 12.0. The van der Waals surface area contributed by atoms with Crippen LogP contribution in [0.1, 0.15) is 6.92 Å². The molecule has 94 valence electrons. The Bertz CT molecular complexity index is 499. The van der Waals surface area contributed by atoms with Crippen molar-refractivity contribution in [1.29, 1.82) is 0 Å². The Kier molecular flexibility index (Phi) is 3.76. The van der Waals surface area contributed by atoms with Gasteiger partial charge in [-0.2, -0.15) is 10.1 Å². The minimum absolute atomic E-state index is 0.245. The average molecular weight is 311 g/mol. The molecular formula is C12H11BrN2O3. The number of rotatable bonds is 3. The number of hydrogen-bond acceptors (Lipinski definition) is 4. The van der Waals surface area contributed by atoms with Crippen LogP contribution in [0.5, 0.6) is 0 Å². The zero-order chi connectivity index (χ0) is 13.1. The Hall–Kier alpha value is -1.69. The van der Waals surface area contributed by atoms with E-state index in [1.165, 1.54) is 11.2 Å². The molecule has 0 fully saturated rings. The van der Waals surface area contributed by atoms with Crippen molar-refractivity contribution in [1.82, 2.24) is 0 Å². The molecule has 0 N–H and O–H groups in total. The van der Waals surface area contributed by atoms with Gasteiger partial charge < -0.3 is 4.74 Å². The lowest BCUT2D eigenvalue weighted by molar-refractivity contribution is -0.147. The number of hydrazone groups is 1. The van der Waals surface area contributed by atoms with Crippen molar-refractivity contribution in [2.75, 3.05) is 11.6 Å². The molecule has 0 spiro atoms. The summed E-state index contributed by atoms with van der Waals surface area (Å²) in [4.78, 5) is 23.5. The van der Waals surface area contributed by atoms with Crippen molar-refractivity contribution < 1.29 is 14.3 Å². The van der Waals surface area contributed by atoms with Crippen LogP contribution in [0.15, 0.2) is 33.8 Å². The van der Waals surface area contributed by atoms with E-state index in [4.69, 9.17) is 4.74 Å². The normalized spacial score (nSPS) is 18.2. The minimum Gasteiger partial charge on any atom is -0.465 e. The van der Waals surface area contributed by atoms with Gasteiger partial charge in [-0.3, -0.25) is 9.59 Å². The Balaban J connectivity index is 2.15. The number of halogens is 1. The molecule has 5 nitrogen and oxygen atoms in total. The van der Waals surface area contributed by atoms with E-state index in [0.717, 1.165) is 4.47 Å². The largest absolute Gasteiger partial charge is 0.465 e. The molecular weight excluding hydrogens is 300 g/mol. The average Bonchev–Trinajstić information content (AvgIpc) is 2.73. The fourth-order valence-corrected chi connectivity index (χ4v) is 1.82. The molecule has 0 aliphatic carbocycles. The third-order valence-electron chi connectivity index (χ3n) is 2.42. The molecule has 6 heteroatoms. The van der Waals surface area contributed by atoms with Crippen molar-refractivity contribution >= 4 is 39.7 Å². The van der Waals surface area contributed by atoms with E-state index in [-0.39, 0.29) is 6.61 Å². The van der Waals surface area contributed by atoms with E-state index < -0.39 is 17.8 Å². The molecule has 0 aromatic heterocycles. The first-order valence-corrected chi connectivity index (χ1v) is 6.23. The topological polar surface area (TPSA) is 59.0 Å². The highest BCUT2D eigenvalue weighted by Crippen LogP contribution is 2.23. The lowest BCUT2D eigenvalue weighted by Gasteiger charge is -2.13. The van der Waals surface area contributed by atoms with Crippen LogP contribution in [0.25, 0.3) is 0 Å². The number of nitrogens with zero attached hydrogens (tertiary/aromatic N) is 2. The molecule has 0 saturated carbocycles. The molecule has 1 aromatic carbocycles. The van der Waals surface area contributed by atoms with E-state index in [1.54, 1.807) is 31.2 Å². The molecule has 1 amide bonds. The van der Waals surface area contributed by atoms with Gasteiger partial charge in [0, 0.05) is 10.7 Å². The summed E-state index contributed by atoms with van der Waals surface area (Å²) in [5, 5.41) is 5.15. The summed E-state index contributed by atoms with van der Waals surface area (Å²) in [6, 6.07) is 7.09. The number of carbonyl (C=O) groups excluding carboxylic acids is 2. The van der Waals surface area contributed by atoms with Gasteiger partial charge in [0.15, 0.2) is 5.92 Å². The van der Waals surface area contributed by atoms with Gasteiger partial charge in [0.25, 0.3) is 5.91 Å². The number of amides is 1. The first kappa shape index (κ1) is 12.8. The van der Waals surface area contributed by atoms with Gasteiger partial charge in [0.05, 0.1) is 12.3 Å². The second-order valence-electron chi connectivity index (χ2n) is 3.62. The van der Waals surface area contributed by atoms with Crippen molar-refractivity contribution in [2.24, 2.45) is 11.0 Å². The predicted octanol–water partition coefficient (Wildman–Crippen LogP) is 1.96. The zero-order valence-electron chi connectivity index (χ0n) is 9.67. The number of benzene rings is 1. The maximum Gasteiger partial charge on any atom is 0.324 e. The van der Waals surface area contributed by atoms with Gasteiger partial charge in [0.2, 0.25) is 0 Å². The number of anilines is 1. The summed E-state index contributed by atoms with van der Waals surface area (Å²) in [6.45, 7) is 1.94. The van der Waals surface area contributed by atoms with Crippen molar-refractivity contribution in [2.45, 2.75) is 6.92 Å². The fourth-order valence-electron chi connectivity index (χ4n) is 1.56. The first-order chi connectivity index (χ1) is 8.63. The van der Waals surface area contributed by atoms with Crippen molar-refractivity contribution in [3.8, 4) is 0 Å². The second kappa shape index (κ2) is 5.30. The van der Waals surface area contributed by atoms with Crippen LogP contribution in [0.2, 0.25) is 0 Å². The molecule has 1 heterocycles. The van der Waals surface area contributed by atoms with E-state index in [2.05, 4.69) is 21.0 Å². The molecule has 0 saturated heterocycles. The predicted molar refractivity (Wildman–Crippen MR) is 70.2 cm³/mol. The second-order valence-corrected chi connectivity index (χ2v) is 4.54. The third kappa shape index (κ3) is 2.43. The molecule has 2 rings (SSSR count). The lowest BCUT2D eigenvalue weighted by Crippen LogP contribution is -2.32. The summed E-state index contributed by atoms with van der Waals surface area (Å²) in [5.74, 6) is -1.89. The maximum absolute atomic E-state index is 12.0. The summed E-state index contributed by atoms with van der Waals surface area (Å²) in [7, 11) is 0. The minimum atomic E-state index is -0.936. The van der Waals surface area contributed by atoms with Gasteiger partial charge in [-0.15, -0.1) is 0 Å². The van der Waals surface area contributed by atoms with Crippen LogP contribution in [-0.2, 0) is 14.3 Å². The Morgan fingerprint density at radius 2 is 2.11 bits per heavy atom. The Morgan fingerprint density at radius 3 is 2.72 bits per heavy atom. The molecule has 1 aliphatic rings. The Labute approximate surface area is 113 Å². The highest BCUT2D eigenvalue weighted by molar-refractivity contribution is 9.10. The zero-order valence-corrected chi connectivity index (χ0v) is 11.3. The van der Waals surface area contributed by atoms with Crippen LogP contribution in [0.3, 0.4) is 0 Å². The van der Waals surface area contributed by atoms with Gasteiger partial charge in [-0.05, 0) is 31.2 Å². The van der Waals surface area contributed by atoms with E-state index in [9.17, 15) is 9.59 Å². The van der Waals surface area contributed by atoms with Crippen LogP contribution in [0, 0.1) is 5.92 Å². The van der Waals surface area contributed by atoms with Crippen molar-refractivity contribution in [3.63, 3.8) is 0 Å². The number of ether oxygens (including phenoxy) is 1. The lowest BCUT2D eigenvalue weighted by atomic mass is 10.1. The van der Waals surface area contributed by atoms with Crippen LogP contribution in [-0.4, -0.2) is 24.7 Å². The molecule has 1 aliphatic heterocycles. The summed E-state index contributed by atoms with van der Waals surface area (Å²) < 4.78 is 5.72. The molecule has 18 heavy (non-hydrogen) atoms. The summed E-state index contributed by atoms with van der Waals surface area (Å²) >= 11 is 3.31. The van der Waals surface area contributed by atoms with E-state index in [1.807, 2.05) is 0 Å². The molecule has 1 unspecified atom stereocenters. The monoisotopic (exact) mass is 310 g/mol. The number of carbonyl (C=O) groups is 2. The van der Waals surface area contributed by atoms with Gasteiger partial charge in [-0.1, -0.05) is 15.9 Å².